The summed E-state index contributed by atoms with van der Waals surface area (Å²) in [6.45, 7) is 6.91. The molecular weight excluding hydrogens is 524 g/mol. The largest absolute Gasteiger partial charge is 0.507 e. The van der Waals surface area contributed by atoms with Gasteiger partial charge in [0.25, 0.3) is 0 Å². The number of benzene rings is 3. The predicted octanol–water partition coefficient (Wildman–Crippen LogP) is 6.68. The van der Waals surface area contributed by atoms with E-state index in [1.165, 1.54) is 23.8 Å². The molecule has 0 saturated carbocycles. The number of esters is 1. The molecule has 0 saturated heterocycles. The molecule has 1 heterocycles. The molecule has 0 spiro atoms. The van der Waals surface area contributed by atoms with Gasteiger partial charge in [0.2, 0.25) is 0 Å². The number of ether oxygens (including phenoxy) is 4. The second-order valence-electron chi connectivity index (χ2n) is 10.8. The third-order valence-corrected chi connectivity index (χ3v) is 6.26. The zero-order chi connectivity index (χ0) is 29.6. The van der Waals surface area contributed by atoms with Crippen LogP contribution in [0.3, 0.4) is 0 Å². The van der Waals surface area contributed by atoms with Crippen LogP contribution in [0.2, 0.25) is 0 Å². The first-order valence-electron chi connectivity index (χ1n) is 13.6. The second-order valence-corrected chi connectivity index (χ2v) is 10.8. The van der Waals surface area contributed by atoms with Crippen LogP contribution in [0.25, 0.3) is 22.3 Å². The lowest BCUT2D eigenvalue weighted by atomic mass is 10.1. The molecule has 0 amide bonds. The summed E-state index contributed by atoms with van der Waals surface area (Å²) < 4.78 is 28.5. The topological polar surface area (TPSA) is 104 Å². The van der Waals surface area contributed by atoms with E-state index in [2.05, 4.69) is 12.1 Å². The maximum Gasteiger partial charge on any atom is 0.344 e. The Bertz CT molecular complexity index is 1550. The van der Waals surface area contributed by atoms with E-state index in [-0.39, 0.29) is 40.9 Å². The Hall–Kier alpha value is -4.46. The van der Waals surface area contributed by atoms with Crippen molar-refractivity contribution in [2.45, 2.75) is 58.7 Å². The molecule has 4 rings (SSSR count). The monoisotopic (exact) mass is 560 g/mol. The minimum Gasteiger partial charge on any atom is -0.507 e. The molecule has 1 unspecified atom stereocenters. The summed E-state index contributed by atoms with van der Waals surface area (Å²) >= 11 is 0. The van der Waals surface area contributed by atoms with Crippen molar-refractivity contribution < 1.29 is 33.3 Å². The highest BCUT2D eigenvalue weighted by atomic mass is 16.6. The lowest BCUT2D eigenvalue weighted by Gasteiger charge is -2.19. The summed E-state index contributed by atoms with van der Waals surface area (Å²) in [4.78, 5) is 25.0. The Balaban J connectivity index is 1.54. The van der Waals surface area contributed by atoms with Crippen molar-refractivity contribution in [3.05, 3.63) is 82.5 Å². The number of fused-ring (bicyclic) bond motifs is 1. The molecule has 3 aromatic carbocycles. The van der Waals surface area contributed by atoms with Gasteiger partial charge >= 0.3 is 5.97 Å². The fraction of sp³-hybridized carbons (Fsp3) is 0.333. The molecule has 0 radical (unpaired) electrons. The number of carbonyl (C=O) groups excluding carboxylic acids is 1. The summed E-state index contributed by atoms with van der Waals surface area (Å²) in [7, 11) is 1.57. The number of aryl methyl sites for hydroxylation is 1. The van der Waals surface area contributed by atoms with E-state index in [4.69, 9.17) is 23.4 Å². The Morgan fingerprint density at radius 3 is 2.46 bits per heavy atom. The molecule has 8 nitrogen and oxygen atoms in total. The van der Waals surface area contributed by atoms with Crippen LogP contribution in [0.4, 0.5) is 0 Å². The van der Waals surface area contributed by atoms with Gasteiger partial charge in [0, 0.05) is 23.8 Å². The summed E-state index contributed by atoms with van der Waals surface area (Å²) in [5.74, 6) is 0.636. The highest BCUT2D eigenvalue weighted by Crippen LogP contribution is 2.36. The molecule has 1 aromatic heterocycles. The van der Waals surface area contributed by atoms with E-state index >= 15 is 0 Å². The second kappa shape index (κ2) is 12.8. The van der Waals surface area contributed by atoms with Gasteiger partial charge < -0.3 is 28.5 Å². The van der Waals surface area contributed by atoms with Gasteiger partial charge in [-0.15, -0.1) is 0 Å². The third kappa shape index (κ3) is 8.03. The molecule has 0 aliphatic carbocycles. The molecule has 8 heteroatoms. The lowest BCUT2D eigenvalue weighted by Crippen LogP contribution is -2.27. The minimum atomic E-state index is -0.658. The highest BCUT2D eigenvalue weighted by Gasteiger charge is 2.19. The fourth-order valence-electron chi connectivity index (χ4n) is 4.42. The van der Waals surface area contributed by atoms with E-state index in [0.29, 0.717) is 17.1 Å². The van der Waals surface area contributed by atoms with E-state index in [1.807, 2.05) is 25.1 Å². The SMILES string of the molecule is COc1ccc(-c2cc(=O)c3c(O)cc(OCC(=O)OC(C)(C)C)cc3o2)cc1OC(C)CCCc1ccccc1. The summed E-state index contributed by atoms with van der Waals surface area (Å²) in [6, 6.07) is 19.6. The quantitative estimate of drug-likeness (QED) is 0.203. The third-order valence-electron chi connectivity index (χ3n) is 6.26. The van der Waals surface area contributed by atoms with Gasteiger partial charge in [-0.3, -0.25) is 4.79 Å². The predicted molar refractivity (Wildman–Crippen MR) is 157 cm³/mol. The Morgan fingerprint density at radius 2 is 1.76 bits per heavy atom. The van der Waals surface area contributed by atoms with Gasteiger partial charge in [-0.25, -0.2) is 4.79 Å². The van der Waals surface area contributed by atoms with Crippen LogP contribution in [0, 0.1) is 0 Å². The maximum atomic E-state index is 13.0. The first-order valence-corrected chi connectivity index (χ1v) is 13.6. The van der Waals surface area contributed by atoms with Crippen LogP contribution in [0.15, 0.2) is 75.9 Å². The Morgan fingerprint density at radius 1 is 1.00 bits per heavy atom. The number of phenols is 1. The Kier molecular flexibility index (Phi) is 9.22. The van der Waals surface area contributed by atoms with Crippen molar-refractivity contribution in [1.82, 2.24) is 0 Å². The number of methoxy groups -OCH3 is 1. The number of rotatable bonds is 11. The van der Waals surface area contributed by atoms with Crippen molar-refractivity contribution in [2.75, 3.05) is 13.7 Å². The van der Waals surface area contributed by atoms with Crippen molar-refractivity contribution in [3.63, 3.8) is 0 Å². The highest BCUT2D eigenvalue weighted by molar-refractivity contribution is 5.86. The number of aromatic hydroxyl groups is 1. The smallest absolute Gasteiger partial charge is 0.344 e. The number of carbonyl (C=O) groups is 1. The van der Waals surface area contributed by atoms with Gasteiger partial charge in [0.05, 0.1) is 13.2 Å². The zero-order valence-electron chi connectivity index (χ0n) is 24.1. The fourth-order valence-corrected chi connectivity index (χ4v) is 4.42. The molecule has 0 fully saturated rings. The van der Waals surface area contributed by atoms with Crippen molar-refractivity contribution in [2.24, 2.45) is 0 Å². The Labute approximate surface area is 239 Å². The molecule has 0 bridgehead atoms. The van der Waals surface area contributed by atoms with Crippen molar-refractivity contribution >= 4 is 16.9 Å². The lowest BCUT2D eigenvalue weighted by molar-refractivity contribution is -0.157. The van der Waals surface area contributed by atoms with Crippen molar-refractivity contribution in [1.29, 1.82) is 0 Å². The van der Waals surface area contributed by atoms with Crippen LogP contribution >= 0.6 is 0 Å². The van der Waals surface area contributed by atoms with E-state index < -0.39 is 17.0 Å². The van der Waals surface area contributed by atoms with Crippen LogP contribution < -0.4 is 19.6 Å². The van der Waals surface area contributed by atoms with Gasteiger partial charge in [-0.05, 0) is 70.7 Å². The number of phenolic OH excluding ortho intramolecular Hbond substituents is 1. The van der Waals surface area contributed by atoms with E-state index in [0.717, 1.165) is 19.3 Å². The molecule has 0 aliphatic rings. The van der Waals surface area contributed by atoms with Gasteiger partial charge in [0.15, 0.2) is 23.5 Å². The normalized spacial score (nSPS) is 12.1. The summed E-state index contributed by atoms with van der Waals surface area (Å²) in [6.07, 6.45) is 2.70. The first-order chi connectivity index (χ1) is 19.5. The molecule has 1 N–H and O–H groups in total. The van der Waals surface area contributed by atoms with Crippen LogP contribution in [-0.4, -0.2) is 36.5 Å². The van der Waals surface area contributed by atoms with Crippen LogP contribution in [0.1, 0.15) is 46.1 Å². The maximum absolute atomic E-state index is 13.0. The molecule has 1 atom stereocenters. The molecule has 216 valence electrons. The molecule has 0 aliphatic heterocycles. The minimum absolute atomic E-state index is 0.00962. The summed E-state index contributed by atoms with van der Waals surface area (Å²) in [5.41, 5.74) is 0.907. The standard InChI is InChI=1S/C33H36O8/c1-21(10-9-13-22-11-7-6-8-12-22)39-29-16-23(14-15-27(29)37-5)28-19-26(35)32-25(34)17-24(18-30(32)40-28)38-20-31(36)41-33(2,3)4/h6-8,11-12,14-19,21,34H,9-10,13,20H2,1-5H3. The van der Waals surface area contributed by atoms with E-state index in [9.17, 15) is 14.7 Å². The van der Waals surface area contributed by atoms with Crippen LogP contribution in [0.5, 0.6) is 23.0 Å². The zero-order valence-corrected chi connectivity index (χ0v) is 24.1. The van der Waals surface area contributed by atoms with Gasteiger partial charge in [-0.2, -0.15) is 0 Å². The van der Waals surface area contributed by atoms with Gasteiger partial charge in [-0.1, -0.05) is 30.3 Å². The van der Waals surface area contributed by atoms with E-state index in [1.54, 1.807) is 46.1 Å². The molecule has 41 heavy (non-hydrogen) atoms. The number of hydrogen-bond donors (Lipinski definition) is 1. The molecular formula is C33H36O8. The average molecular weight is 561 g/mol. The van der Waals surface area contributed by atoms with Crippen LogP contribution in [-0.2, 0) is 16.0 Å². The molecule has 4 aromatic rings. The number of hydrogen-bond acceptors (Lipinski definition) is 8. The van der Waals surface area contributed by atoms with Crippen molar-refractivity contribution in [3.8, 4) is 34.3 Å². The average Bonchev–Trinajstić information content (AvgIpc) is 2.91. The van der Waals surface area contributed by atoms with Gasteiger partial charge in [0.1, 0.15) is 33.8 Å². The first kappa shape index (κ1) is 29.5. The summed E-state index contributed by atoms with van der Waals surface area (Å²) in [5, 5.41) is 10.5.